The van der Waals surface area contributed by atoms with E-state index in [9.17, 15) is 0 Å². The topological polar surface area (TPSA) is 31.1 Å². The van der Waals surface area contributed by atoms with Crippen molar-refractivity contribution in [1.29, 1.82) is 0 Å². The Hall–Kier alpha value is -0.800. The summed E-state index contributed by atoms with van der Waals surface area (Å²) in [5, 5.41) is 3.73. The molecule has 2 bridgehead atoms. The molecule has 94 valence electrons. The highest BCUT2D eigenvalue weighted by Crippen LogP contribution is 2.32. The standard InChI is InChI=1S/C14H23N3/c1-17-13-3-2-4-14(17)8-12(7-13)16-10-11-5-6-15-9-11/h5-6,9,12-16H,2-4,7-8,10H2,1H3. The van der Waals surface area contributed by atoms with Gasteiger partial charge >= 0.3 is 0 Å². The van der Waals surface area contributed by atoms with Crippen molar-refractivity contribution < 1.29 is 0 Å². The summed E-state index contributed by atoms with van der Waals surface area (Å²) in [6, 6.07) is 4.52. The van der Waals surface area contributed by atoms with Crippen molar-refractivity contribution in [3.63, 3.8) is 0 Å². The second-order valence-corrected chi connectivity index (χ2v) is 5.67. The molecule has 0 radical (unpaired) electrons. The summed E-state index contributed by atoms with van der Waals surface area (Å²) < 4.78 is 0. The smallest absolute Gasteiger partial charge is 0.0223 e. The Kier molecular flexibility index (Phi) is 3.21. The van der Waals surface area contributed by atoms with Gasteiger partial charge in [0.05, 0.1) is 0 Å². The maximum absolute atomic E-state index is 3.73. The van der Waals surface area contributed by atoms with Gasteiger partial charge in [0, 0.05) is 37.1 Å². The van der Waals surface area contributed by atoms with Gasteiger partial charge < -0.3 is 15.2 Å². The summed E-state index contributed by atoms with van der Waals surface area (Å²) in [6.45, 7) is 1.01. The number of hydrogen-bond donors (Lipinski definition) is 2. The average molecular weight is 233 g/mol. The highest BCUT2D eigenvalue weighted by molar-refractivity contribution is 5.08. The zero-order valence-corrected chi connectivity index (χ0v) is 10.7. The van der Waals surface area contributed by atoms with Gasteiger partial charge in [0.1, 0.15) is 0 Å². The van der Waals surface area contributed by atoms with E-state index in [-0.39, 0.29) is 0 Å². The molecule has 1 aromatic heterocycles. The quantitative estimate of drug-likeness (QED) is 0.838. The van der Waals surface area contributed by atoms with Crippen LogP contribution in [-0.2, 0) is 6.54 Å². The lowest BCUT2D eigenvalue weighted by molar-refractivity contribution is 0.0482. The lowest BCUT2D eigenvalue weighted by Gasteiger charge is -2.47. The Morgan fingerprint density at radius 2 is 2.12 bits per heavy atom. The van der Waals surface area contributed by atoms with Crippen molar-refractivity contribution in [1.82, 2.24) is 15.2 Å². The van der Waals surface area contributed by atoms with Crippen LogP contribution in [0.5, 0.6) is 0 Å². The Bertz CT molecular complexity index is 332. The third-order valence-corrected chi connectivity index (χ3v) is 4.60. The molecule has 2 aliphatic heterocycles. The molecule has 2 unspecified atom stereocenters. The Morgan fingerprint density at radius 1 is 1.35 bits per heavy atom. The molecule has 1 aromatic rings. The molecule has 2 fully saturated rings. The van der Waals surface area contributed by atoms with Gasteiger partial charge in [-0.25, -0.2) is 0 Å². The molecule has 0 aromatic carbocycles. The summed E-state index contributed by atoms with van der Waals surface area (Å²) in [5.74, 6) is 0. The van der Waals surface area contributed by atoms with Crippen LogP contribution >= 0.6 is 0 Å². The lowest BCUT2D eigenvalue weighted by atomic mass is 9.82. The summed E-state index contributed by atoms with van der Waals surface area (Å²) in [7, 11) is 2.32. The number of piperidine rings is 2. The van der Waals surface area contributed by atoms with Crippen molar-refractivity contribution in [3.8, 4) is 0 Å². The minimum atomic E-state index is 0.719. The van der Waals surface area contributed by atoms with Crippen LogP contribution in [0.25, 0.3) is 0 Å². The fourth-order valence-electron chi connectivity index (χ4n) is 3.51. The summed E-state index contributed by atoms with van der Waals surface area (Å²) in [5.41, 5.74) is 1.37. The van der Waals surface area contributed by atoms with Gasteiger partial charge in [0.2, 0.25) is 0 Å². The summed E-state index contributed by atoms with van der Waals surface area (Å²) in [4.78, 5) is 5.74. The number of aromatic amines is 1. The van der Waals surface area contributed by atoms with E-state index in [1.165, 1.54) is 37.7 Å². The zero-order valence-electron chi connectivity index (χ0n) is 10.7. The number of nitrogens with zero attached hydrogens (tertiary/aromatic N) is 1. The highest BCUT2D eigenvalue weighted by Gasteiger charge is 2.35. The predicted octanol–water partition coefficient (Wildman–Crippen LogP) is 2.12. The van der Waals surface area contributed by atoms with Crippen LogP contribution < -0.4 is 5.32 Å². The molecule has 0 spiro atoms. The van der Waals surface area contributed by atoms with E-state index in [1.54, 1.807) is 0 Å². The van der Waals surface area contributed by atoms with Crippen LogP contribution in [0.1, 0.15) is 37.7 Å². The van der Waals surface area contributed by atoms with Crippen molar-refractivity contribution in [2.75, 3.05) is 7.05 Å². The molecule has 3 nitrogen and oxygen atoms in total. The van der Waals surface area contributed by atoms with E-state index in [1.807, 2.05) is 6.20 Å². The number of aromatic nitrogens is 1. The van der Waals surface area contributed by atoms with Gasteiger partial charge in [-0.05, 0) is 44.4 Å². The van der Waals surface area contributed by atoms with E-state index >= 15 is 0 Å². The normalized spacial score (nSPS) is 33.8. The van der Waals surface area contributed by atoms with Gasteiger partial charge in [-0.1, -0.05) is 6.42 Å². The maximum Gasteiger partial charge on any atom is 0.0223 e. The molecule has 17 heavy (non-hydrogen) atoms. The van der Waals surface area contributed by atoms with Crippen LogP contribution in [0.4, 0.5) is 0 Å². The van der Waals surface area contributed by atoms with Gasteiger partial charge in [0.25, 0.3) is 0 Å². The first-order chi connectivity index (χ1) is 8.33. The number of nitrogens with one attached hydrogen (secondary N) is 2. The molecule has 0 amide bonds. The molecule has 2 aliphatic rings. The second-order valence-electron chi connectivity index (χ2n) is 5.67. The third-order valence-electron chi connectivity index (χ3n) is 4.60. The first-order valence-electron chi connectivity index (χ1n) is 6.90. The van der Waals surface area contributed by atoms with Crippen molar-refractivity contribution >= 4 is 0 Å². The van der Waals surface area contributed by atoms with Crippen LogP contribution in [0.15, 0.2) is 18.5 Å². The first kappa shape index (κ1) is 11.3. The van der Waals surface area contributed by atoms with Gasteiger partial charge in [-0.15, -0.1) is 0 Å². The predicted molar refractivity (Wildman–Crippen MR) is 69.8 cm³/mol. The van der Waals surface area contributed by atoms with E-state index in [2.05, 4.69) is 34.5 Å². The van der Waals surface area contributed by atoms with Crippen LogP contribution in [0, 0.1) is 0 Å². The number of H-pyrrole nitrogens is 1. The molecular formula is C14H23N3. The van der Waals surface area contributed by atoms with Gasteiger partial charge in [-0.3, -0.25) is 0 Å². The first-order valence-corrected chi connectivity index (χ1v) is 6.90. The molecule has 2 saturated heterocycles. The largest absolute Gasteiger partial charge is 0.367 e. The zero-order chi connectivity index (χ0) is 11.7. The van der Waals surface area contributed by atoms with Gasteiger partial charge in [-0.2, -0.15) is 0 Å². The summed E-state index contributed by atoms with van der Waals surface area (Å²) in [6.07, 6.45) is 11.0. The maximum atomic E-state index is 3.73. The van der Waals surface area contributed by atoms with Gasteiger partial charge in [0.15, 0.2) is 0 Å². The fraction of sp³-hybridized carbons (Fsp3) is 0.714. The molecule has 0 aliphatic carbocycles. The minimum Gasteiger partial charge on any atom is -0.367 e. The fourth-order valence-corrected chi connectivity index (χ4v) is 3.51. The summed E-state index contributed by atoms with van der Waals surface area (Å²) >= 11 is 0. The Balaban J connectivity index is 1.55. The Morgan fingerprint density at radius 3 is 2.76 bits per heavy atom. The van der Waals surface area contributed by atoms with E-state index in [0.29, 0.717) is 0 Å². The number of hydrogen-bond acceptors (Lipinski definition) is 2. The number of rotatable bonds is 3. The molecule has 2 N–H and O–H groups in total. The van der Waals surface area contributed by atoms with E-state index < -0.39 is 0 Å². The molecule has 3 heterocycles. The monoisotopic (exact) mass is 233 g/mol. The highest BCUT2D eigenvalue weighted by atomic mass is 15.2. The lowest BCUT2D eigenvalue weighted by Crippen LogP contribution is -2.54. The molecule has 3 heteroatoms. The van der Waals surface area contributed by atoms with E-state index in [0.717, 1.165) is 24.7 Å². The molecule has 0 saturated carbocycles. The second kappa shape index (κ2) is 4.83. The number of fused-ring (bicyclic) bond motifs is 2. The SMILES string of the molecule is CN1C2CCCC1CC(NCc1cc[nH]c1)C2. The molecular weight excluding hydrogens is 210 g/mol. The average Bonchev–Trinajstić information content (AvgIpc) is 2.79. The van der Waals surface area contributed by atoms with Crippen LogP contribution in [-0.4, -0.2) is 35.1 Å². The van der Waals surface area contributed by atoms with Crippen molar-refractivity contribution in [2.45, 2.75) is 56.8 Å². The molecule has 2 atom stereocenters. The molecule has 3 rings (SSSR count). The van der Waals surface area contributed by atoms with E-state index in [4.69, 9.17) is 0 Å². The van der Waals surface area contributed by atoms with Crippen molar-refractivity contribution in [2.24, 2.45) is 0 Å². The van der Waals surface area contributed by atoms with Crippen LogP contribution in [0.2, 0.25) is 0 Å². The van der Waals surface area contributed by atoms with Crippen molar-refractivity contribution in [3.05, 3.63) is 24.0 Å². The Labute approximate surface area is 104 Å². The third kappa shape index (κ3) is 2.40. The van der Waals surface area contributed by atoms with Crippen LogP contribution in [0.3, 0.4) is 0 Å². The minimum absolute atomic E-state index is 0.719.